The quantitative estimate of drug-likeness (QED) is 0.254. The van der Waals surface area contributed by atoms with Crippen molar-refractivity contribution in [3.8, 4) is 11.5 Å². The number of fused-ring (bicyclic) bond motifs is 1. The van der Waals surface area contributed by atoms with E-state index in [9.17, 15) is 34.5 Å². The normalized spacial score (nSPS) is 28.3. The first kappa shape index (κ1) is 30.5. The molecule has 1 saturated heterocycles. The fraction of sp³-hybridized carbons (Fsp3) is 0.600. The number of amides is 1. The molecule has 0 saturated carbocycles. The molecule has 1 aliphatic carbocycles. The summed E-state index contributed by atoms with van der Waals surface area (Å²) in [5.41, 5.74) is 0.131. The molecule has 11 nitrogen and oxygen atoms in total. The molecule has 1 amide bonds. The molecule has 3 aliphatic rings. The van der Waals surface area contributed by atoms with Gasteiger partial charge in [-0.15, -0.1) is 0 Å². The zero-order valence-electron chi connectivity index (χ0n) is 24.4. The predicted molar refractivity (Wildman–Crippen MR) is 147 cm³/mol. The van der Waals surface area contributed by atoms with Crippen molar-refractivity contribution in [2.75, 3.05) is 13.6 Å². The van der Waals surface area contributed by atoms with Crippen molar-refractivity contribution in [3.63, 3.8) is 0 Å². The van der Waals surface area contributed by atoms with Gasteiger partial charge in [-0.05, 0) is 64.4 Å². The Balaban J connectivity index is 1.55. The molecule has 0 bridgehead atoms. The van der Waals surface area contributed by atoms with Gasteiger partial charge in [-0.2, -0.15) is 0 Å². The van der Waals surface area contributed by atoms with E-state index in [0.717, 1.165) is 11.1 Å². The van der Waals surface area contributed by atoms with E-state index in [1.54, 1.807) is 26.0 Å². The van der Waals surface area contributed by atoms with Crippen LogP contribution in [0.2, 0.25) is 0 Å². The number of likely N-dealkylation sites (N-methyl/N-ethyl adjacent to an activating group) is 1. The number of Topliss-reactive ketones (excluding diaryl/α,β-unsaturated/α-hetero) is 1. The molecule has 11 heteroatoms. The van der Waals surface area contributed by atoms with Gasteiger partial charge >= 0.3 is 11.9 Å². The predicted octanol–water partition coefficient (Wildman–Crippen LogP) is 1.99. The monoisotopic (exact) mass is 572 g/mol. The summed E-state index contributed by atoms with van der Waals surface area (Å²) in [6.45, 7) is 9.16. The number of aliphatic carboxylic acids is 1. The molecular weight excluding hydrogens is 532 g/mol. The molecule has 41 heavy (non-hydrogen) atoms. The van der Waals surface area contributed by atoms with Crippen LogP contribution < -0.4 is 10.1 Å². The summed E-state index contributed by atoms with van der Waals surface area (Å²) in [4.78, 5) is 51.4. The van der Waals surface area contributed by atoms with Crippen molar-refractivity contribution in [2.45, 2.75) is 95.6 Å². The van der Waals surface area contributed by atoms with Crippen LogP contribution in [0.4, 0.5) is 0 Å². The van der Waals surface area contributed by atoms with Crippen molar-refractivity contribution < 1.29 is 44.0 Å². The largest absolute Gasteiger partial charge is 0.504 e. The smallest absolute Gasteiger partial charge is 0.326 e. The van der Waals surface area contributed by atoms with Crippen molar-refractivity contribution in [1.29, 1.82) is 0 Å². The molecule has 0 radical (unpaired) electrons. The molecular formula is C30H40N2O9. The number of likely N-dealkylation sites (tertiary alicyclic amines) is 1. The van der Waals surface area contributed by atoms with E-state index in [1.165, 1.54) is 6.92 Å². The first-order valence-corrected chi connectivity index (χ1v) is 14.0. The van der Waals surface area contributed by atoms with E-state index in [0.29, 0.717) is 24.3 Å². The van der Waals surface area contributed by atoms with Crippen LogP contribution in [0, 0.1) is 12.8 Å². The van der Waals surface area contributed by atoms with Gasteiger partial charge in [0.25, 0.3) is 0 Å². The highest BCUT2D eigenvalue weighted by molar-refractivity contribution is 5.90. The number of carbonyl (C=O) groups excluding carboxylic acids is 3. The number of hydrogen-bond acceptors (Lipinski definition) is 9. The van der Waals surface area contributed by atoms with Crippen LogP contribution >= 0.6 is 0 Å². The summed E-state index contributed by atoms with van der Waals surface area (Å²) in [7, 11) is 1.96. The van der Waals surface area contributed by atoms with Gasteiger partial charge < -0.3 is 35.0 Å². The molecule has 4 N–H and O–H groups in total. The molecule has 1 spiro atoms. The number of aryl methyl sites for hydroxylation is 1. The molecule has 1 fully saturated rings. The number of carboxylic acids is 1. The average Bonchev–Trinajstić information content (AvgIpc) is 3.27. The number of carbonyl (C=O) groups is 4. The number of nitrogens with zero attached hydrogens (tertiary/aromatic N) is 1. The number of ketones is 1. The second kappa shape index (κ2) is 11.1. The summed E-state index contributed by atoms with van der Waals surface area (Å²) in [5, 5.41) is 34.7. The van der Waals surface area contributed by atoms with Gasteiger partial charge in [0.2, 0.25) is 5.91 Å². The van der Waals surface area contributed by atoms with Crippen LogP contribution in [0.5, 0.6) is 11.5 Å². The number of piperidine rings is 1. The summed E-state index contributed by atoms with van der Waals surface area (Å²) in [5.74, 6) is -3.45. The maximum Gasteiger partial charge on any atom is 0.326 e. The number of carboxylic acid groups (broad SMARTS) is 1. The molecule has 6 atom stereocenters. The summed E-state index contributed by atoms with van der Waals surface area (Å²) in [6.07, 6.45) is -0.0396. The van der Waals surface area contributed by atoms with E-state index in [1.807, 2.05) is 27.0 Å². The Morgan fingerprint density at radius 1 is 1.22 bits per heavy atom. The number of aromatic hydroxyl groups is 1. The van der Waals surface area contributed by atoms with Crippen LogP contribution in [-0.4, -0.2) is 87.3 Å². The third-order valence-corrected chi connectivity index (χ3v) is 9.12. The van der Waals surface area contributed by atoms with Crippen LogP contribution in [-0.2, 0) is 29.3 Å². The Bertz CT molecular complexity index is 1290. The van der Waals surface area contributed by atoms with E-state index < -0.39 is 65.2 Å². The Hall–Kier alpha value is -3.44. The fourth-order valence-corrected chi connectivity index (χ4v) is 6.56. The number of phenols is 1. The van der Waals surface area contributed by atoms with E-state index in [2.05, 4.69) is 10.2 Å². The standard InChI is InChI=1S/C30H40N2O9/c1-15(2)27(36)31-20(28(37)38)14-23(35)40-17(4)22(34)13-19-9-10-30(39)18(5)32(6)12-11-29(30)24-16(3)7-8-21(33)25(24)41-26(19)29/h7-9,15,17-18,20,26,33,39H,10-14H2,1-6H3,(H,31,36)(H,37,38)/t17?,18?,20-,26?,29?,30?/m0/s1. The van der Waals surface area contributed by atoms with Gasteiger partial charge in [0, 0.05) is 23.9 Å². The molecule has 0 aromatic heterocycles. The number of esters is 1. The summed E-state index contributed by atoms with van der Waals surface area (Å²) >= 11 is 0. The average molecular weight is 573 g/mol. The summed E-state index contributed by atoms with van der Waals surface area (Å²) < 4.78 is 11.7. The minimum absolute atomic E-state index is 0.0335. The van der Waals surface area contributed by atoms with E-state index >= 15 is 0 Å². The number of rotatable bonds is 9. The van der Waals surface area contributed by atoms with E-state index in [4.69, 9.17) is 9.47 Å². The first-order valence-electron chi connectivity index (χ1n) is 14.0. The number of ether oxygens (including phenoxy) is 2. The summed E-state index contributed by atoms with van der Waals surface area (Å²) in [6, 6.07) is 1.65. The van der Waals surface area contributed by atoms with Crippen LogP contribution in [0.25, 0.3) is 0 Å². The molecule has 5 unspecified atom stereocenters. The minimum atomic E-state index is -1.48. The second-order valence-electron chi connectivity index (χ2n) is 11.9. The zero-order chi connectivity index (χ0) is 30.4. The van der Waals surface area contributed by atoms with E-state index in [-0.39, 0.29) is 24.6 Å². The fourth-order valence-electron chi connectivity index (χ4n) is 6.56. The molecule has 4 rings (SSSR count). The molecule has 1 aromatic carbocycles. The van der Waals surface area contributed by atoms with Crippen molar-refractivity contribution in [3.05, 3.63) is 34.9 Å². The Labute approximate surface area is 239 Å². The van der Waals surface area contributed by atoms with Gasteiger partial charge in [0.05, 0.1) is 17.4 Å². The highest BCUT2D eigenvalue weighted by Gasteiger charge is 2.68. The van der Waals surface area contributed by atoms with Crippen LogP contribution in [0.15, 0.2) is 23.8 Å². The lowest BCUT2D eigenvalue weighted by Gasteiger charge is -2.59. The SMILES string of the molecule is Cc1ccc(O)c2c1C13CCN(C)C(C)C1(O)CC=C(CC(=O)C(C)OC(=O)C[C@H](NC(=O)C(C)C)C(=O)O)C3O2. The number of phenolic OH excluding ortho intramolecular Hbond substituents is 1. The highest BCUT2D eigenvalue weighted by atomic mass is 16.5. The molecule has 224 valence electrons. The lowest BCUT2D eigenvalue weighted by atomic mass is 9.53. The van der Waals surface area contributed by atoms with Crippen LogP contribution in [0.3, 0.4) is 0 Å². The maximum atomic E-state index is 13.3. The van der Waals surface area contributed by atoms with Crippen molar-refractivity contribution in [2.24, 2.45) is 5.92 Å². The van der Waals surface area contributed by atoms with Gasteiger partial charge in [-0.1, -0.05) is 26.0 Å². The van der Waals surface area contributed by atoms with Gasteiger partial charge in [0.1, 0.15) is 12.1 Å². The van der Waals surface area contributed by atoms with Crippen molar-refractivity contribution >= 4 is 23.6 Å². The second-order valence-corrected chi connectivity index (χ2v) is 11.9. The maximum absolute atomic E-state index is 13.3. The first-order chi connectivity index (χ1) is 19.1. The van der Waals surface area contributed by atoms with Crippen molar-refractivity contribution in [1.82, 2.24) is 10.2 Å². The number of aliphatic hydroxyl groups is 1. The third-order valence-electron chi connectivity index (χ3n) is 9.12. The van der Waals surface area contributed by atoms with Gasteiger partial charge in [-0.3, -0.25) is 14.4 Å². The Kier molecular flexibility index (Phi) is 8.26. The van der Waals surface area contributed by atoms with Gasteiger partial charge in [-0.25, -0.2) is 4.79 Å². The molecule has 1 aromatic rings. The highest BCUT2D eigenvalue weighted by Crippen LogP contribution is 2.62. The number of hydrogen-bond donors (Lipinski definition) is 4. The molecule has 2 heterocycles. The third kappa shape index (κ3) is 5.10. The van der Waals surface area contributed by atoms with Crippen LogP contribution in [0.1, 0.15) is 64.5 Å². The number of nitrogens with one attached hydrogen (secondary N) is 1. The number of benzene rings is 1. The Morgan fingerprint density at radius 3 is 2.54 bits per heavy atom. The zero-order valence-corrected chi connectivity index (χ0v) is 24.4. The lowest BCUT2D eigenvalue weighted by molar-refractivity contribution is -0.157. The Morgan fingerprint density at radius 2 is 1.90 bits per heavy atom. The topological polar surface area (TPSA) is 163 Å². The van der Waals surface area contributed by atoms with Gasteiger partial charge in [0.15, 0.2) is 23.4 Å². The molecule has 2 aliphatic heterocycles. The minimum Gasteiger partial charge on any atom is -0.504 e. The lowest BCUT2D eigenvalue weighted by Crippen LogP contribution is -2.71.